The molecule has 0 aliphatic rings. The van der Waals surface area contributed by atoms with Gasteiger partial charge in [-0.1, -0.05) is 13.8 Å². The second-order valence-corrected chi connectivity index (χ2v) is 3.53. The van der Waals surface area contributed by atoms with Crippen LogP contribution in [-0.2, 0) is 6.54 Å². The second kappa shape index (κ2) is 7.36. The van der Waals surface area contributed by atoms with Crippen LogP contribution in [0.3, 0.4) is 0 Å². The average molecular weight is 245 g/mol. The molecule has 0 unspecified atom stereocenters. The van der Waals surface area contributed by atoms with E-state index in [1.54, 1.807) is 7.11 Å². The number of nitrogens with two attached hydrogens (primary N) is 1. The van der Waals surface area contributed by atoms with Crippen LogP contribution in [0.15, 0.2) is 18.2 Å². The summed E-state index contributed by atoms with van der Waals surface area (Å²) in [5.41, 5.74) is 7.89. The van der Waals surface area contributed by atoms with Crippen LogP contribution in [-0.4, -0.2) is 25.1 Å². The lowest BCUT2D eigenvalue weighted by atomic mass is 10.1. The summed E-state index contributed by atoms with van der Waals surface area (Å²) < 4.78 is 5.18. The number of benzene rings is 1. The molecule has 4 heteroatoms. The number of anilines is 1. The van der Waals surface area contributed by atoms with Gasteiger partial charge in [-0.25, -0.2) is 0 Å². The quantitative estimate of drug-likeness (QED) is 0.809. The normalized spacial score (nSPS) is 10.0. The van der Waals surface area contributed by atoms with Gasteiger partial charge in [-0.15, -0.1) is 12.4 Å². The van der Waals surface area contributed by atoms with Crippen LogP contribution in [0.2, 0.25) is 0 Å². The number of hydrogen-bond donors (Lipinski definition) is 1. The van der Waals surface area contributed by atoms with Gasteiger partial charge in [0.15, 0.2) is 0 Å². The maximum atomic E-state index is 5.92. The SMILES string of the molecule is CCN(CC)Cc1cc(OC)ccc1N.Cl. The molecule has 0 amide bonds. The van der Waals surface area contributed by atoms with E-state index in [0.29, 0.717) is 0 Å². The molecule has 92 valence electrons. The number of halogens is 1. The van der Waals surface area contributed by atoms with E-state index in [4.69, 9.17) is 10.5 Å². The van der Waals surface area contributed by atoms with Crippen molar-refractivity contribution in [2.75, 3.05) is 25.9 Å². The minimum atomic E-state index is 0. The van der Waals surface area contributed by atoms with Crippen molar-refractivity contribution in [2.45, 2.75) is 20.4 Å². The summed E-state index contributed by atoms with van der Waals surface area (Å²) in [6, 6.07) is 5.80. The Kier molecular flexibility index (Phi) is 6.93. The summed E-state index contributed by atoms with van der Waals surface area (Å²) >= 11 is 0. The van der Waals surface area contributed by atoms with Gasteiger partial charge >= 0.3 is 0 Å². The van der Waals surface area contributed by atoms with E-state index < -0.39 is 0 Å². The summed E-state index contributed by atoms with van der Waals surface area (Å²) in [5.74, 6) is 0.867. The van der Waals surface area contributed by atoms with Gasteiger partial charge in [0, 0.05) is 12.2 Å². The Morgan fingerprint density at radius 3 is 2.38 bits per heavy atom. The lowest BCUT2D eigenvalue weighted by Gasteiger charge is -2.19. The molecule has 0 bridgehead atoms. The maximum absolute atomic E-state index is 5.92. The molecular formula is C12H21ClN2O. The molecule has 2 N–H and O–H groups in total. The number of hydrogen-bond acceptors (Lipinski definition) is 3. The fourth-order valence-electron chi connectivity index (χ4n) is 1.53. The van der Waals surface area contributed by atoms with E-state index in [1.807, 2.05) is 18.2 Å². The Hall–Kier alpha value is -0.930. The summed E-state index contributed by atoms with van der Waals surface area (Å²) in [5, 5.41) is 0. The topological polar surface area (TPSA) is 38.5 Å². The van der Waals surface area contributed by atoms with Crippen molar-refractivity contribution in [3.8, 4) is 5.75 Å². The Morgan fingerprint density at radius 1 is 1.25 bits per heavy atom. The highest BCUT2D eigenvalue weighted by Crippen LogP contribution is 2.20. The van der Waals surface area contributed by atoms with E-state index in [0.717, 1.165) is 36.6 Å². The standard InChI is InChI=1S/C12H20N2O.ClH/c1-4-14(5-2)9-10-8-11(15-3)6-7-12(10)13;/h6-8H,4-5,9,13H2,1-3H3;1H. The van der Waals surface area contributed by atoms with Crippen molar-refractivity contribution in [3.63, 3.8) is 0 Å². The third kappa shape index (κ3) is 3.91. The minimum absolute atomic E-state index is 0. The van der Waals surface area contributed by atoms with Crippen LogP contribution in [0, 0.1) is 0 Å². The average Bonchev–Trinajstić information content (AvgIpc) is 2.28. The molecular weight excluding hydrogens is 224 g/mol. The van der Waals surface area contributed by atoms with Crippen LogP contribution in [0.25, 0.3) is 0 Å². The molecule has 0 saturated heterocycles. The highest BCUT2D eigenvalue weighted by molar-refractivity contribution is 5.85. The number of rotatable bonds is 5. The molecule has 0 aromatic heterocycles. The molecule has 0 atom stereocenters. The smallest absolute Gasteiger partial charge is 0.119 e. The van der Waals surface area contributed by atoms with Gasteiger partial charge in [0.05, 0.1) is 7.11 Å². The number of nitrogen functional groups attached to an aromatic ring is 1. The summed E-state index contributed by atoms with van der Waals surface area (Å²) in [6.07, 6.45) is 0. The van der Waals surface area contributed by atoms with E-state index in [2.05, 4.69) is 18.7 Å². The fourth-order valence-corrected chi connectivity index (χ4v) is 1.53. The van der Waals surface area contributed by atoms with Gasteiger partial charge in [0.1, 0.15) is 5.75 Å². The Labute approximate surface area is 104 Å². The maximum Gasteiger partial charge on any atom is 0.119 e. The first-order chi connectivity index (χ1) is 7.21. The van der Waals surface area contributed by atoms with Gasteiger partial charge in [0.2, 0.25) is 0 Å². The molecule has 0 aliphatic heterocycles. The number of nitrogens with zero attached hydrogens (tertiary/aromatic N) is 1. The fraction of sp³-hybridized carbons (Fsp3) is 0.500. The highest BCUT2D eigenvalue weighted by atomic mass is 35.5. The predicted molar refractivity (Wildman–Crippen MR) is 71.3 cm³/mol. The monoisotopic (exact) mass is 244 g/mol. The zero-order chi connectivity index (χ0) is 11.3. The van der Waals surface area contributed by atoms with Gasteiger partial charge in [-0.2, -0.15) is 0 Å². The van der Waals surface area contributed by atoms with Crippen molar-refractivity contribution in [1.82, 2.24) is 4.90 Å². The summed E-state index contributed by atoms with van der Waals surface area (Å²) in [4.78, 5) is 2.32. The van der Waals surface area contributed by atoms with Crippen molar-refractivity contribution >= 4 is 18.1 Å². The van der Waals surface area contributed by atoms with E-state index >= 15 is 0 Å². The van der Waals surface area contributed by atoms with Crippen LogP contribution < -0.4 is 10.5 Å². The molecule has 1 rings (SSSR count). The summed E-state index contributed by atoms with van der Waals surface area (Å²) in [6.45, 7) is 7.26. The van der Waals surface area contributed by atoms with Crippen LogP contribution in [0.5, 0.6) is 5.75 Å². The molecule has 3 nitrogen and oxygen atoms in total. The third-order valence-electron chi connectivity index (χ3n) is 2.64. The molecule has 0 spiro atoms. The molecule has 0 heterocycles. The molecule has 1 aromatic carbocycles. The van der Waals surface area contributed by atoms with E-state index in [1.165, 1.54) is 0 Å². The Balaban J connectivity index is 0.00000225. The molecule has 1 aromatic rings. The number of methoxy groups -OCH3 is 1. The highest BCUT2D eigenvalue weighted by Gasteiger charge is 2.05. The predicted octanol–water partition coefficient (Wildman–Crippen LogP) is 2.54. The zero-order valence-corrected chi connectivity index (χ0v) is 11.0. The van der Waals surface area contributed by atoms with Gasteiger partial charge in [-0.05, 0) is 36.9 Å². The minimum Gasteiger partial charge on any atom is -0.497 e. The van der Waals surface area contributed by atoms with E-state index in [9.17, 15) is 0 Å². The third-order valence-corrected chi connectivity index (χ3v) is 2.64. The molecule has 0 aliphatic carbocycles. The van der Waals surface area contributed by atoms with Crippen LogP contribution >= 0.6 is 12.4 Å². The first-order valence-electron chi connectivity index (χ1n) is 5.36. The lowest BCUT2D eigenvalue weighted by molar-refractivity contribution is 0.295. The van der Waals surface area contributed by atoms with Crippen molar-refractivity contribution < 1.29 is 4.74 Å². The van der Waals surface area contributed by atoms with Crippen molar-refractivity contribution in [2.24, 2.45) is 0 Å². The van der Waals surface area contributed by atoms with Gasteiger partial charge < -0.3 is 10.5 Å². The Bertz CT molecular complexity index is 314. The summed E-state index contributed by atoms with van der Waals surface area (Å²) in [7, 11) is 1.67. The van der Waals surface area contributed by atoms with Crippen molar-refractivity contribution in [1.29, 1.82) is 0 Å². The van der Waals surface area contributed by atoms with Crippen LogP contribution in [0.4, 0.5) is 5.69 Å². The Morgan fingerprint density at radius 2 is 1.88 bits per heavy atom. The largest absolute Gasteiger partial charge is 0.497 e. The van der Waals surface area contributed by atoms with E-state index in [-0.39, 0.29) is 12.4 Å². The second-order valence-electron chi connectivity index (χ2n) is 3.53. The molecule has 0 radical (unpaired) electrons. The van der Waals surface area contributed by atoms with Gasteiger partial charge in [-0.3, -0.25) is 4.90 Å². The lowest BCUT2D eigenvalue weighted by Crippen LogP contribution is -2.22. The van der Waals surface area contributed by atoms with Gasteiger partial charge in [0.25, 0.3) is 0 Å². The van der Waals surface area contributed by atoms with Crippen LogP contribution in [0.1, 0.15) is 19.4 Å². The molecule has 16 heavy (non-hydrogen) atoms. The first-order valence-corrected chi connectivity index (χ1v) is 5.36. The van der Waals surface area contributed by atoms with Crippen molar-refractivity contribution in [3.05, 3.63) is 23.8 Å². The molecule has 0 saturated carbocycles. The number of ether oxygens (including phenoxy) is 1. The molecule has 0 fully saturated rings. The first kappa shape index (κ1) is 15.1. The zero-order valence-electron chi connectivity index (χ0n) is 10.2.